The third kappa shape index (κ3) is 48.3. The SMILES string of the molecule is CC/C=C\C/C=C\C/C=C\C/C=C\C/C=C\C/C=C\C/C=C\CCCCCCOCC(COP(=O)(O)OCC[N+](C)(C)C)OC(=O)CCCCCCC/C=C\CCCCCC. The second kappa shape index (κ2) is 44.0. The summed E-state index contributed by atoms with van der Waals surface area (Å²) >= 11 is 0. The molecule has 0 saturated carbocycles. The van der Waals surface area contributed by atoms with Gasteiger partial charge in [-0.2, -0.15) is 0 Å². The number of unbranched alkanes of at least 4 members (excludes halogenated alkanes) is 13. The van der Waals surface area contributed by atoms with E-state index >= 15 is 0 Å². The summed E-state index contributed by atoms with van der Waals surface area (Å²) in [6.45, 7) is 5.39. The van der Waals surface area contributed by atoms with Gasteiger partial charge >= 0.3 is 13.8 Å². The maximum atomic E-state index is 12.7. The Morgan fingerprint density at radius 2 is 0.951 bits per heavy atom. The molecule has 0 rings (SSSR count). The molecular formula is C52H91NO7P+. The van der Waals surface area contributed by atoms with E-state index < -0.39 is 13.9 Å². The largest absolute Gasteiger partial charge is 0.472 e. The summed E-state index contributed by atoms with van der Waals surface area (Å²) in [5.74, 6) is -0.337. The highest BCUT2D eigenvalue weighted by atomic mass is 31.2. The van der Waals surface area contributed by atoms with Crippen molar-refractivity contribution in [3.8, 4) is 0 Å². The van der Waals surface area contributed by atoms with Crippen molar-refractivity contribution in [3.05, 3.63) is 97.2 Å². The molecule has 0 aromatic carbocycles. The van der Waals surface area contributed by atoms with Crippen LogP contribution in [0.25, 0.3) is 0 Å². The number of carbonyl (C=O) groups excluding carboxylic acids is 1. The molecule has 0 fully saturated rings. The Balaban J connectivity index is 4.24. The van der Waals surface area contributed by atoms with E-state index in [4.69, 9.17) is 18.5 Å². The maximum absolute atomic E-state index is 12.7. The minimum absolute atomic E-state index is 0.0762. The minimum atomic E-state index is -4.29. The summed E-state index contributed by atoms with van der Waals surface area (Å²) in [6, 6.07) is 0. The predicted octanol–water partition coefficient (Wildman–Crippen LogP) is 14.6. The van der Waals surface area contributed by atoms with Crippen LogP contribution < -0.4 is 0 Å². The van der Waals surface area contributed by atoms with Crippen LogP contribution in [0.15, 0.2) is 97.2 Å². The summed E-state index contributed by atoms with van der Waals surface area (Å²) in [6.07, 6.45) is 60.2. The Kier molecular flexibility index (Phi) is 42.2. The van der Waals surface area contributed by atoms with E-state index in [2.05, 4.69) is 111 Å². The number of hydrogen-bond acceptors (Lipinski definition) is 6. The second-order valence-corrected chi connectivity index (χ2v) is 18.2. The van der Waals surface area contributed by atoms with E-state index in [-0.39, 0.29) is 25.8 Å². The molecule has 0 aliphatic rings. The zero-order valence-electron chi connectivity index (χ0n) is 39.6. The van der Waals surface area contributed by atoms with Crippen molar-refractivity contribution in [2.24, 2.45) is 0 Å². The quantitative estimate of drug-likeness (QED) is 0.0214. The highest BCUT2D eigenvalue weighted by Crippen LogP contribution is 2.43. The lowest BCUT2D eigenvalue weighted by molar-refractivity contribution is -0.870. The zero-order chi connectivity index (χ0) is 44.8. The Labute approximate surface area is 375 Å². The van der Waals surface area contributed by atoms with E-state index in [0.29, 0.717) is 24.1 Å². The van der Waals surface area contributed by atoms with Crippen molar-refractivity contribution in [1.82, 2.24) is 0 Å². The molecule has 1 N–H and O–H groups in total. The van der Waals surface area contributed by atoms with E-state index in [1.54, 1.807) is 0 Å². The first-order chi connectivity index (χ1) is 29.6. The number of likely N-dealkylation sites (N-methyl/N-ethyl adjacent to an activating group) is 1. The summed E-state index contributed by atoms with van der Waals surface area (Å²) in [7, 11) is 1.63. The molecule has 0 aromatic heterocycles. The molecular weight excluding hydrogens is 782 g/mol. The number of phosphoric ester groups is 1. The molecule has 9 heteroatoms. The van der Waals surface area contributed by atoms with Crippen molar-refractivity contribution in [2.45, 2.75) is 174 Å². The van der Waals surface area contributed by atoms with Gasteiger partial charge < -0.3 is 18.9 Å². The van der Waals surface area contributed by atoms with Crippen molar-refractivity contribution in [3.63, 3.8) is 0 Å². The van der Waals surface area contributed by atoms with Crippen LogP contribution in [0.2, 0.25) is 0 Å². The van der Waals surface area contributed by atoms with Crippen LogP contribution in [0.1, 0.15) is 168 Å². The average molecular weight is 873 g/mol. The Morgan fingerprint density at radius 1 is 0.525 bits per heavy atom. The minimum Gasteiger partial charge on any atom is -0.457 e. The van der Waals surface area contributed by atoms with Gasteiger partial charge in [0.25, 0.3) is 0 Å². The fourth-order valence-corrected chi connectivity index (χ4v) is 6.68. The summed E-state index contributed by atoms with van der Waals surface area (Å²) in [4.78, 5) is 22.9. The van der Waals surface area contributed by atoms with Crippen LogP contribution in [0.3, 0.4) is 0 Å². The van der Waals surface area contributed by atoms with E-state index in [1.165, 1.54) is 38.5 Å². The summed E-state index contributed by atoms with van der Waals surface area (Å²) < 4.78 is 35.0. The predicted molar refractivity (Wildman–Crippen MR) is 261 cm³/mol. The number of carbonyl (C=O) groups is 1. The first-order valence-electron chi connectivity index (χ1n) is 24.0. The number of hydrogen-bond donors (Lipinski definition) is 1. The first kappa shape index (κ1) is 58.4. The zero-order valence-corrected chi connectivity index (χ0v) is 40.5. The number of nitrogens with zero attached hydrogens (tertiary/aromatic N) is 1. The van der Waals surface area contributed by atoms with Gasteiger partial charge in [0.1, 0.15) is 19.3 Å². The lowest BCUT2D eigenvalue weighted by Crippen LogP contribution is -2.37. The molecule has 0 saturated heterocycles. The molecule has 350 valence electrons. The van der Waals surface area contributed by atoms with Gasteiger partial charge in [0.15, 0.2) is 0 Å². The summed E-state index contributed by atoms with van der Waals surface area (Å²) in [5.41, 5.74) is 0. The van der Waals surface area contributed by atoms with Gasteiger partial charge in [0.2, 0.25) is 0 Å². The fraction of sp³-hybridized carbons (Fsp3) is 0.673. The monoisotopic (exact) mass is 873 g/mol. The van der Waals surface area contributed by atoms with Crippen LogP contribution >= 0.6 is 7.82 Å². The maximum Gasteiger partial charge on any atom is 0.472 e. The average Bonchev–Trinajstić information content (AvgIpc) is 3.22. The Morgan fingerprint density at radius 3 is 1.44 bits per heavy atom. The number of quaternary nitrogens is 1. The van der Waals surface area contributed by atoms with Crippen molar-refractivity contribution in [1.29, 1.82) is 0 Å². The van der Waals surface area contributed by atoms with E-state index in [1.807, 2.05) is 21.1 Å². The van der Waals surface area contributed by atoms with Crippen LogP contribution in [-0.4, -0.2) is 75.6 Å². The molecule has 0 aliphatic heterocycles. The highest BCUT2D eigenvalue weighted by molar-refractivity contribution is 7.47. The fourth-order valence-electron chi connectivity index (χ4n) is 5.94. The van der Waals surface area contributed by atoms with Gasteiger partial charge in [-0.25, -0.2) is 4.57 Å². The molecule has 0 aromatic rings. The van der Waals surface area contributed by atoms with Gasteiger partial charge in [-0.15, -0.1) is 0 Å². The number of allylic oxidation sites excluding steroid dienone is 16. The van der Waals surface area contributed by atoms with Crippen molar-refractivity contribution in [2.75, 3.05) is 54.1 Å². The van der Waals surface area contributed by atoms with E-state index in [0.717, 1.165) is 109 Å². The lowest BCUT2D eigenvalue weighted by atomic mass is 10.1. The molecule has 0 bridgehead atoms. The molecule has 0 spiro atoms. The standard InChI is InChI=1S/C52H90NO7P/c1-6-8-10-12-14-16-18-20-21-22-23-24-25-26-27-28-29-30-31-32-34-36-38-40-42-44-47-57-49-51(50-59-61(55,56)58-48-46-53(3,4)5)60-52(54)45-43-41-39-37-35-33-19-17-15-13-11-9-7-2/h8,10,14,16-17,19-21,23-24,26-27,29-30,32,34,51H,6-7,9,11-13,15,18,22,25,28,31,33,35-50H2,1-5H3/p+1/b10-8-,16-14-,19-17-,21-20-,24-23-,27-26-,30-29-,34-32-. The normalized spacial score (nSPS) is 14.5. The number of esters is 1. The molecule has 0 radical (unpaired) electrons. The second-order valence-electron chi connectivity index (χ2n) is 16.8. The van der Waals surface area contributed by atoms with Crippen molar-refractivity contribution < 1.29 is 37.3 Å². The van der Waals surface area contributed by atoms with Crippen LogP contribution in [0.5, 0.6) is 0 Å². The van der Waals surface area contributed by atoms with Crippen LogP contribution in [0.4, 0.5) is 0 Å². The number of phosphoric acid groups is 1. The van der Waals surface area contributed by atoms with Crippen molar-refractivity contribution >= 4 is 13.8 Å². The molecule has 0 aliphatic carbocycles. The summed E-state index contributed by atoms with van der Waals surface area (Å²) in [5, 5.41) is 0. The Bertz CT molecular complexity index is 1290. The third-order valence-electron chi connectivity index (χ3n) is 9.63. The van der Waals surface area contributed by atoms with Gasteiger partial charge in [-0.05, 0) is 96.3 Å². The first-order valence-corrected chi connectivity index (χ1v) is 25.5. The molecule has 2 atom stereocenters. The van der Waals surface area contributed by atoms with E-state index in [9.17, 15) is 14.3 Å². The van der Waals surface area contributed by atoms with Crippen LogP contribution in [0, 0.1) is 0 Å². The molecule has 61 heavy (non-hydrogen) atoms. The van der Waals surface area contributed by atoms with Gasteiger partial charge in [-0.3, -0.25) is 13.8 Å². The molecule has 0 amide bonds. The Hall–Kier alpha value is -2.58. The molecule has 0 heterocycles. The third-order valence-corrected chi connectivity index (χ3v) is 10.6. The molecule has 8 nitrogen and oxygen atoms in total. The van der Waals surface area contributed by atoms with Gasteiger partial charge in [0, 0.05) is 13.0 Å². The van der Waals surface area contributed by atoms with Gasteiger partial charge in [0.05, 0.1) is 34.4 Å². The highest BCUT2D eigenvalue weighted by Gasteiger charge is 2.26. The smallest absolute Gasteiger partial charge is 0.457 e. The van der Waals surface area contributed by atoms with Gasteiger partial charge in [-0.1, -0.05) is 162 Å². The topological polar surface area (TPSA) is 91.3 Å². The number of ether oxygens (including phenoxy) is 2. The molecule has 2 unspecified atom stereocenters. The van der Waals surface area contributed by atoms with Crippen LogP contribution in [-0.2, 0) is 27.9 Å². The number of rotatable bonds is 43. The lowest BCUT2D eigenvalue weighted by Gasteiger charge is -2.24.